The predicted octanol–water partition coefficient (Wildman–Crippen LogP) is 2.46. The molecule has 0 saturated carbocycles. The highest BCUT2D eigenvalue weighted by Crippen LogP contribution is 2.21. The number of imidazole rings is 1. The van der Waals surface area contributed by atoms with Crippen LogP contribution in [0.5, 0.6) is 5.75 Å². The van der Waals surface area contributed by atoms with Gasteiger partial charge in [-0.2, -0.15) is 0 Å². The van der Waals surface area contributed by atoms with Gasteiger partial charge in [0, 0.05) is 24.0 Å². The van der Waals surface area contributed by atoms with Crippen molar-refractivity contribution in [3.8, 4) is 5.75 Å². The van der Waals surface area contributed by atoms with Crippen molar-refractivity contribution in [1.29, 1.82) is 0 Å². The Morgan fingerprint density at radius 1 is 1.47 bits per heavy atom. The lowest BCUT2D eigenvalue weighted by atomic mass is 10.1. The van der Waals surface area contributed by atoms with Gasteiger partial charge in [-0.1, -0.05) is 0 Å². The van der Waals surface area contributed by atoms with Crippen molar-refractivity contribution < 1.29 is 14.2 Å². The molecule has 1 unspecified atom stereocenters. The molecule has 2 rings (SSSR count). The molecule has 0 saturated heterocycles. The summed E-state index contributed by atoms with van der Waals surface area (Å²) in [7, 11) is 0. The third-order valence-electron chi connectivity index (χ3n) is 2.95. The Labute approximate surface area is 111 Å². The first-order chi connectivity index (χ1) is 9.08. The van der Waals surface area contributed by atoms with Crippen LogP contribution in [0.4, 0.5) is 4.39 Å². The van der Waals surface area contributed by atoms with E-state index in [9.17, 15) is 9.50 Å². The lowest BCUT2D eigenvalue weighted by Crippen LogP contribution is -2.09. The molecule has 0 aliphatic heterocycles. The minimum atomic E-state index is -0.817. The maximum absolute atomic E-state index is 13.6. The summed E-state index contributed by atoms with van der Waals surface area (Å²) in [6, 6.07) is 4.49. The highest BCUT2D eigenvalue weighted by Gasteiger charge is 2.09. The number of aliphatic hydroxyl groups is 1. The quantitative estimate of drug-likeness (QED) is 0.902. The molecule has 0 radical (unpaired) electrons. The van der Waals surface area contributed by atoms with Crippen molar-refractivity contribution in [1.82, 2.24) is 9.55 Å². The van der Waals surface area contributed by atoms with Crippen molar-refractivity contribution in [2.24, 2.45) is 0 Å². The summed E-state index contributed by atoms with van der Waals surface area (Å²) < 4.78 is 21.0. The molecule has 102 valence electrons. The molecular weight excluding hydrogens is 247 g/mol. The number of aromatic nitrogens is 2. The standard InChI is InChI=1S/C14H17FN2O2/c1-10(18)13-4-3-12(9-14(13)15)19-8-7-17-6-5-16-11(17)2/h3-6,9-10,18H,7-8H2,1-2H3. The number of nitrogens with zero attached hydrogens (tertiary/aromatic N) is 2. The summed E-state index contributed by atoms with van der Waals surface area (Å²) in [5.41, 5.74) is 0.276. The molecule has 1 aromatic carbocycles. The van der Waals surface area contributed by atoms with Gasteiger partial charge >= 0.3 is 0 Å². The molecule has 1 aromatic heterocycles. The van der Waals surface area contributed by atoms with Crippen LogP contribution in [0.3, 0.4) is 0 Å². The van der Waals surface area contributed by atoms with Crippen LogP contribution in [0.15, 0.2) is 30.6 Å². The number of hydrogen-bond acceptors (Lipinski definition) is 3. The maximum Gasteiger partial charge on any atom is 0.132 e. The van der Waals surface area contributed by atoms with Crippen LogP contribution < -0.4 is 4.74 Å². The summed E-state index contributed by atoms with van der Waals surface area (Å²) in [5, 5.41) is 9.34. The first kappa shape index (κ1) is 13.5. The lowest BCUT2D eigenvalue weighted by molar-refractivity contribution is 0.194. The van der Waals surface area contributed by atoms with Crippen molar-refractivity contribution in [3.63, 3.8) is 0 Å². The molecule has 19 heavy (non-hydrogen) atoms. The molecule has 1 N–H and O–H groups in total. The Morgan fingerprint density at radius 3 is 2.84 bits per heavy atom. The summed E-state index contributed by atoms with van der Waals surface area (Å²) in [6.07, 6.45) is 2.78. The van der Waals surface area contributed by atoms with Crippen LogP contribution in [-0.4, -0.2) is 21.3 Å². The number of hydrogen-bond donors (Lipinski definition) is 1. The molecular formula is C14H17FN2O2. The molecule has 5 heteroatoms. The van der Waals surface area contributed by atoms with Crippen molar-refractivity contribution >= 4 is 0 Å². The lowest BCUT2D eigenvalue weighted by Gasteiger charge is -2.10. The van der Waals surface area contributed by atoms with Gasteiger partial charge in [0.25, 0.3) is 0 Å². The van der Waals surface area contributed by atoms with Gasteiger partial charge < -0.3 is 14.4 Å². The minimum Gasteiger partial charge on any atom is -0.492 e. The van der Waals surface area contributed by atoms with E-state index < -0.39 is 11.9 Å². The molecule has 0 aliphatic rings. The van der Waals surface area contributed by atoms with Crippen molar-refractivity contribution in [2.45, 2.75) is 26.5 Å². The molecule has 1 heterocycles. The number of ether oxygens (including phenoxy) is 1. The molecule has 0 spiro atoms. The topological polar surface area (TPSA) is 47.3 Å². The first-order valence-electron chi connectivity index (χ1n) is 6.16. The van der Waals surface area contributed by atoms with Crippen LogP contribution in [0.2, 0.25) is 0 Å². The SMILES string of the molecule is Cc1nccn1CCOc1ccc(C(C)O)c(F)c1. The highest BCUT2D eigenvalue weighted by atomic mass is 19.1. The molecule has 0 fully saturated rings. The zero-order valence-electron chi connectivity index (χ0n) is 11.0. The second-order valence-corrected chi connectivity index (χ2v) is 4.38. The molecule has 0 amide bonds. The van der Waals surface area contributed by atoms with E-state index in [2.05, 4.69) is 4.98 Å². The number of halogens is 1. The Kier molecular flexibility index (Phi) is 4.16. The number of benzene rings is 1. The van der Waals surface area contributed by atoms with Gasteiger partial charge in [0.15, 0.2) is 0 Å². The summed E-state index contributed by atoms with van der Waals surface area (Å²) in [6.45, 7) is 4.54. The Morgan fingerprint density at radius 2 is 2.26 bits per heavy atom. The normalized spacial score (nSPS) is 12.4. The van der Waals surface area contributed by atoms with Gasteiger partial charge in [0.2, 0.25) is 0 Å². The Hall–Kier alpha value is -1.88. The van der Waals surface area contributed by atoms with Crippen LogP contribution in [0, 0.1) is 12.7 Å². The monoisotopic (exact) mass is 264 g/mol. The van der Waals surface area contributed by atoms with E-state index in [1.54, 1.807) is 12.3 Å². The molecule has 0 aliphatic carbocycles. The van der Waals surface area contributed by atoms with E-state index >= 15 is 0 Å². The summed E-state index contributed by atoms with van der Waals surface area (Å²) in [5.74, 6) is 0.921. The van der Waals surface area contributed by atoms with E-state index in [0.717, 1.165) is 5.82 Å². The van der Waals surface area contributed by atoms with Crippen LogP contribution in [0.25, 0.3) is 0 Å². The highest BCUT2D eigenvalue weighted by molar-refractivity contribution is 5.29. The number of rotatable bonds is 5. The van der Waals surface area contributed by atoms with E-state index in [1.807, 2.05) is 17.7 Å². The van der Waals surface area contributed by atoms with Gasteiger partial charge in [0.05, 0.1) is 12.6 Å². The zero-order valence-corrected chi connectivity index (χ0v) is 11.0. The molecule has 0 bridgehead atoms. The number of aryl methyl sites for hydroxylation is 1. The van der Waals surface area contributed by atoms with Gasteiger partial charge in [0.1, 0.15) is 24.0 Å². The fraction of sp³-hybridized carbons (Fsp3) is 0.357. The first-order valence-corrected chi connectivity index (χ1v) is 6.16. The molecule has 4 nitrogen and oxygen atoms in total. The smallest absolute Gasteiger partial charge is 0.132 e. The summed E-state index contributed by atoms with van der Waals surface area (Å²) >= 11 is 0. The fourth-order valence-corrected chi connectivity index (χ4v) is 1.84. The van der Waals surface area contributed by atoms with E-state index in [-0.39, 0.29) is 5.56 Å². The van der Waals surface area contributed by atoms with Crippen molar-refractivity contribution in [3.05, 3.63) is 47.8 Å². The third-order valence-corrected chi connectivity index (χ3v) is 2.95. The van der Waals surface area contributed by atoms with Gasteiger partial charge in [-0.3, -0.25) is 0 Å². The predicted molar refractivity (Wildman–Crippen MR) is 69.5 cm³/mol. The number of aliphatic hydroxyl groups excluding tert-OH is 1. The average molecular weight is 264 g/mol. The van der Waals surface area contributed by atoms with Crippen molar-refractivity contribution in [2.75, 3.05) is 6.61 Å². The summed E-state index contributed by atoms with van der Waals surface area (Å²) in [4.78, 5) is 4.11. The van der Waals surface area contributed by atoms with Crippen LogP contribution in [0.1, 0.15) is 24.4 Å². The second kappa shape index (κ2) is 5.84. The third kappa shape index (κ3) is 3.32. The van der Waals surface area contributed by atoms with Crippen LogP contribution in [-0.2, 0) is 6.54 Å². The van der Waals surface area contributed by atoms with Crippen LogP contribution >= 0.6 is 0 Å². The average Bonchev–Trinajstić information content (AvgIpc) is 2.75. The van der Waals surface area contributed by atoms with Gasteiger partial charge in [-0.25, -0.2) is 9.37 Å². The molecule has 2 aromatic rings. The Bertz CT molecular complexity index is 552. The fourth-order valence-electron chi connectivity index (χ4n) is 1.84. The largest absolute Gasteiger partial charge is 0.492 e. The van der Waals surface area contributed by atoms with E-state index in [1.165, 1.54) is 19.1 Å². The molecule has 1 atom stereocenters. The van der Waals surface area contributed by atoms with Gasteiger partial charge in [-0.15, -0.1) is 0 Å². The Balaban J connectivity index is 1.93. The van der Waals surface area contributed by atoms with E-state index in [4.69, 9.17) is 4.74 Å². The minimum absolute atomic E-state index is 0.276. The zero-order chi connectivity index (χ0) is 13.8. The van der Waals surface area contributed by atoms with E-state index in [0.29, 0.717) is 18.9 Å². The van der Waals surface area contributed by atoms with Gasteiger partial charge in [-0.05, 0) is 26.0 Å². The second-order valence-electron chi connectivity index (χ2n) is 4.38. The maximum atomic E-state index is 13.6.